The van der Waals surface area contributed by atoms with Gasteiger partial charge < -0.3 is 10.6 Å². The lowest BCUT2D eigenvalue weighted by molar-refractivity contribution is -0.114. The first-order chi connectivity index (χ1) is 12.1. The zero-order chi connectivity index (χ0) is 17.6. The van der Waals surface area contributed by atoms with Crippen molar-refractivity contribution in [1.29, 1.82) is 0 Å². The van der Waals surface area contributed by atoms with Crippen molar-refractivity contribution in [2.75, 3.05) is 16.4 Å². The molecular formula is C20H22N2O2S. The van der Waals surface area contributed by atoms with Gasteiger partial charge in [-0.15, -0.1) is 11.8 Å². The highest BCUT2D eigenvalue weighted by Crippen LogP contribution is 2.28. The Bertz CT molecular complexity index is 772. The predicted octanol–water partition coefficient (Wildman–Crippen LogP) is 4.25. The van der Waals surface area contributed by atoms with Crippen LogP contribution in [0.2, 0.25) is 0 Å². The van der Waals surface area contributed by atoms with Gasteiger partial charge in [0.1, 0.15) is 0 Å². The summed E-state index contributed by atoms with van der Waals surface area (Å²) in [4.78, 5) is 24.3. The molecule has 2 aromatic carbocycles. The summed E-state index contributed by atoms with van der Waals surface area (Å²) in [5, 5.41) is 5.79. The fourth-order valence-electron chi connectivity index (χ4n) is 3.07. The number of aryl methyl sites for hydroxylation is 1. The summed E-state index contributed by atoms with van der Waals surface area (Å²) in [6, 6.07) is 13.7. The monoisotopic (exact) mass is 354 g/mol. The molecule has 0 radical (unpaired) electrons. The van der Waals surface area contributed by atoms with Crippen LogP contribution in [-0.2, 0) is 22.4 Å². The Labute approximate surface area is 152 Å². The Hall–Kier alpha value is -2.27. The smallest absolute Gasteiger partial charge is 0.234 e. The van der Waals surface area contributed by atoms with Crippen LogP contribution in [0.15, 0.2) is 47.4 Å². The van der Waals surface area contributed by atoms with Gasteiger partial charge in [-0.3, -0.25) is 9.59 Å². The highest BCUT2D eigenvalue weighted by Gasteiger charge is 2.14. The number of carbonyl (C=O) groups is 2. The SMILES string of the molecule is CC(=O)Nc1ccc(SCC(=O)Nc2cccc3c2CCCC3)cc1. The Balaban J connectivity index is 1.56. The van der Waals surface area contributed by atoms with E-state index in [1.54, 1.807) is 0 Å². The van der Waals surface area contributed by atoms with E-state index in [-0.39, 0.29) is 11.8 Å². The summed E-state index contributed by atoms with van der Waals surface area (Å²) in [5.41, 5.74) is 4.39. The molecule has 0 saturated carbocycles. The van der Waals surface area contributed by atoms with E-state index in [1.807, 2.05) is 36.4 Å². The summed E-state index contributed by atoms with van der Waals surface area (Å²) in [7, 11) is 0. The normalized spacial score (nSPS) is 13.0. The van der Waals surface area contributed by atoms with E-state index in [2.05, 4.69) is 16.7 Å². The quantitative estimate of drug-likeness (QED) is 0.789. The summed E-state index contributed by atoms with van der Waals surface area (Å²) >= 11 is 1.49. The van der Waals surface area contributed by atoms with Crippen molar-refractivity contribution in [3.63, 3.8) is 0 Å². The lowest BCUT2D eigenvalue weighted by Gasteiger charge is -2.19. The maximum Gasteiger partial charge on any atom is 0.234 e. The van der Waals surface area contributed by atoms with Gasteiger partial charge in [-0.1, -0.05) is 12.1 Å². The van der Waals surface area contributed by atoms with E-state index < -0.39 is 0 Å². The van der Waals surface area contributed by atoms with E-state index in [1.165, 1.54) is 42.7 Å². The fraction of sp³-hybridized carbons (Fsp3) is 0.300. The second kappa shape index (κ2) is 8.21. The molecule has 0 fully saturated rings. The average Bonchev–Trinajstić information content (AvgIpc) is 2.61. The van der Waals surface area contributed by atoms with Gasteiger partial charge in [0.2, 0.25) is 11.8 Å². The first-order valence-electron chi connectivity index (χ1n) is 8.53. The fourth-order valence-corrected chi connectivity index (χ4v) is 3.77. The Morgan fingerprint density at radius 1 is 1.00 bits per heavy atom. The van der Waals surface area contributed by atoms with Crippen LogP contribution in [-0.4, -0.2) is 17.6 Å². The lowest BCUT2D eigenvalue weighted by atomic mass is 9.90. The molecule has 2 amide bonds. The second-order valence-electron chi connectivity index (χ2n) is 6.19. The number of nitrogens with one attached hydrogen (secondary N) is 2. The van der Waals surface area contributed by atoms with Crippen molar-refractivity contribution in [3.05, 3.63) is 53.6 Å². The van der Waals surface area contributed by atoms with Gasteiger partial charge in [0, 0.05) is 23.2 Å². The van der Waals surface area contributed by atoms with Crippen LogP contribution in [0.4, 0.5) is 11.4 Å². The van der Waals surface area contributed by atoms with Gasteiger partial charge in [0.25, 0.3) is 0 Å². The molecule has 0 heterocycles. The van der Waals surface area contributed by atoms with Crippen LogP contribution >= 0.6 is 11.8 Å². The van der Waals surface area contributed by atoms with Gasteiger partial charge in [-0.2, -0.15) is 0 Å². The third-order valence-electron chi connectivity index (χ3n) is 4.21. The molecule has 1 aliphatic carbocycles. The zero-order valence-corrected chi connectivity index (χ0v) is 15.1. The molecule has 0 aromatic heterocycles. The second-order valence-corrected chi connectivity index (χ2v) is 7.24. The molecule has 4 nitrogen and oxygen atoms in total. The van der Waals surface area contributed by atoms with Crippen molar-refractivity contribution in [3.8, 4) is 0 Å². The molecule has 0 saturated heterocycles. The Morgan fingerprint density at radius 3 is 2.52 bits per heavy atom. The minimum atomic E-state index is -0.0917. The number of fused-ring (bicyclic) bond motifs is 1. The van der Waals surface area contributed by atoms with Crippen LogP contribution in [0.1, 0.15) is 30.9 Å². The van der Waals surface area contributed by atoms with Gasteiger partial charge in [-0.05, 0) is 67.1 Å². The van der Waals surface area contributed by atoms with Crippen molar-refractivity contribution in [2.24, 2.45) is 0 Å². The Kier molecular flexibility index (Phi) is 5.76. The number of rotatable bonds is 5. The van der Waals surface area contributed by atoms with Gasteiger partial charge in [0.05, 0.1) is 5.75 Å². The maximum atomic E-state index is 12.3. The number of amides is 2. The van der Waals surface area contributed by atoms with E-state index in [4.69, 9.17) is 0 Å². The number of carbonyl (C=O) groups excluding carboxylic acids is 2. The molecule has 5 heteroatoms. The summed E-state index contributed by atoms with van der Waals surface area (Å²) in [6.07, 6.45) is 4.57. The molecule has 2 aromatic rings. The highest BCUT2D eigenvalue weighted by molar-refractivity contribution is 8.00. The van der Waals surface area contributed by atoms with E-state index in [0.29, 0.717) is 5.75 Å². The van der Waals surface area contributed by atoms with Crippen LogP contribution in [0.5, 0.6) is 0 Å². The summed E-state index contributed by atoms with van der Waals surface area (Å²) < 4.78 is 0. The first kappa shape index (κ1) is 17.5. The largest absolute Gasteiger partial charge is 0.326 e. The molecule has 0 atom stereocenters. The third kappa shape index (κ3) is 4.86. The van der Waals surface area contributed by atoms with E-state index in [9.17, 15) is 9.59 Å². The molecule has 1 aliphatic rings. The molecule has 0 bridgehead atoms. The van der Waals surface area contributed by atoms with Crippen molar-refractivity contribution >= 4 is 35.0 Å². The number of hydrogen-bond acceptors (Lipinski definition) is 3. The number of anilines is 2. The third-order valence-corrected chi connectivity index (χ3v) is 5.23. The molecule has 0 aliphatic heterocycles. The first-order valence-corrected chi connectivity index (χ1v) is 9.51. The number of benzene rings is 2. The highest BCUT2D eigenvalue weighted by atomic mass is 32.2. The van der Waals surface area contributed by atoms with Gasteiger partial charge >= 0.3 is 0 Å². The molecule has 130 valence electrons. The van der Waals surface area contributed by atoms with Gasteiger partial charge in [-0.25, -0.2) is 0 Å². The standard InChI is InChI=1S/C20H22N2O2S/c1-14(23)21-16-9-11-17(12-10-16)25-13-20(24)22-19-8-4-6-15-5-2-3-7-18(15)19/h4,6,8-12H,2-3,5,7,13H2,1H3,(H,21,23)(H,22,24). The van der Waals surface area contributed by atoms with E-state index >= 15 is 0 Å². The van der Waals surface area contributed by atoms with E-state index in [0.717, 1.165) is 29.1 Å². The van der Waals surface area contributed by atoms with Crippen LogP contribution in [0, 0.1) is 0 Å². The molecule has 0 unspecified atom stereocenters. The van der Waals surface area contributed by atoms with Gasteiger partial charge in [0.15, 0.2) is 0 Å². The average molecular weight is 354 g/mol. The summed E-state index contributed by atoms with van der Waals surface area (Å²) in [5.74, 6) is 0.282. The lowest BCUT2D eigenvalue weighted by Crippen LogP contribution is -2.17. The maximum absolute atomic E-state index is 12.3. The minimum absolute atomic E-state index is 0.00918. The van der Waals surface area contributed by atoms with Crippen molar-refractivity contribution in [1.82, 2.24) is 0 Å². The molecule has 0 spiro atoms. The topological polar surface area (TPSA) is 58.2 Å². The predicted molar refractivity (Wildman–Crippen MR) is 103 cm³/mol. The molecule has 25 heavy (non-hydrogen) atoms. The van der Waals surface area contributed by atoms with Crippen molar-refractivity contribution < 1.29 is 9.59 Å². The number of hydrogen-bond donors (Lipinski definition) is 2. The number of thioether (sulfide) groups is 1. The molecule has 3 rings (SSSR count). The van der Waals surface area contributed by atoms with Crippen molar-refractivity contribution in [2.45, 2.75) is 37.5 Å². The Morgan fingerprint density at radius 2 is 1.76 bits per heavy atom. The zero-order valence-electron chi connectivity index (χ0n) is 14.3. The van der Waals surface area contributed by atoms with Crippen LogP contribution in [0.25, 0.3) is 0 Å². The minimum Gasteiger partial charge on any atom is -0.326 e. The van der Waals surface area contributed by atoms with Crippen LogP contribution < -0.4 is 10.6 Å². The summed E-state index contributed by atoms with van der Waals surface area (Å²) in [6.45, 7) is 1.48. The molecule has 2 N–H and O–H groups in total. The molecular weight excluding hydrogens is 332 g/mol. The van der Waals surface area contributed by atoms with Crippen LogP contribution in [0.3, 0.4) is 0 Å².